The highest BCUT2D eigenvalue weighted by Gasteiger charge is 2.26. The number of carbonyl (C=O) groups is 2. The normalized spacial score (nSPS) is 22.0. The number of aliphatic carboxylic acids is 1. The van der Waals surface area contributed by atoms with Gasteiger partial charge in [0.15, 0.2) is 5.82 Å². The second-order valence-corrected chi connectivity index (χ2v) is 7.57. The molecule has 1 aromatic heterocycles. The number of morpholine rings is 1. The van der Waals surface area contributed by atoms with Gasteiger partial charge in [-0.05, 0) is 37.8 Å². The quantitative estimate of drug-likeness (QED) is 0.775. The lowest BCUT2D eigenvalue weighted by Gasteiger charge is -2.27. The van der Waals surface area contributed by atoms with Crippen molar-refractivity contribution in [2.24, 2.45) is 5.92 Å². The number of carboxylic acid groups (broad SMARTS) is 1. The molecule has 0 bridgehead atoms. The van der Waals surface area contributed by atoms with Crippen LogP contribution in [0.2, 0.25) is 0 Å². The standard InChI is InChI=1S/C21H23FN4O4/c22-17-11-23-21(24-15-6-4-13(5-7-15)20(28)29)25-19(17)14-2-1-3-16(10-14)26-8-9-30-12-18(26)27/h1-3,10-11,13,15H,4-9,12H2,(H,28,29)(H,23,24,25). The lowest BCUT2D eigenvalue weighted by molar-refractivity contribution is -0.142. The van der Waals surface area contributed by atoms with E-state index in [1.165, 1.54) is 0 Å². The molecule has 8 nitrogen and oxygen atoms in total. The zero-order chi connectivity index (χ0) is 21.1. The van der Waals surface area contributed by atoms with Gasteiger partial charge in [0.25, 0.3) is 5.91 Å². The molecule has 1 saturated heterocycles. The van der Waals surface area contributed by atoms with Crippen molar-refractivity contribution in [3.63, 3.8) is 0 Å². The molecule has 1 aromatic carbocycles. The monoisotopic (exact) mass is 414 g/mol. The predicted molar refractivity (Wildman–Crippen MR) is 108 cm³/mol. The summed E-state index contributed by atoms with van der Waals surface area (Å²) in [5.74, 6) is -1.45. The first-order valence-corrected chi connectivity index (χ1v) is 10.0. The number of hydrogen-bond acceptors (Lipinski definition) is 6. The van der Waals surface area contributed by atoms with Gasteiger partial charge in [-0.15, -0.1) is 0 Å². The SMILES string of the molecule is O=C(O)C1CCC(Nc2ncc(F)c(-c3cccc(N4CCOCC4=O)c3)n2)CC1. The molecule has 2 N–H and O–H groups in total. The van der Waals surface area contributed by atoms with Crippen LogP contribution in [0.4, 0.5) is 16.0 Å². The highest BCUT2D eigenvalue weighted by molar-refractivity contribution is 5.95. The maximum absolute atomic E-state index is 14.5. The van der Waals surface area contributed by atoms with E-state index in [2.05, 4.69) is 15.3 Å². The molecule has 2 aliphatic rings. The molecule has 158 valence electrons. The number of halogens is 1. The second-order valence-electron chi connectivity index (χ2n) is 7.57. The summed E-state index contributed by atoms with van der Waals surface area (Å²) >= 11 is 0. The van der Waals surface area contributed by atoms with Crippen molar-refractivity contribution in [3.05, 3.63) is 36.3 Å². The Labute approximate surface area is 173 Å². The van der Waals surface area contributed by atoms with Crippen LogP contribution >= 0.6 is 0 Å². The highest BCUT2D eigenvalue weighted by Crippen LogP contribution is 2.29. The van der Waals surface area contributed by atoms with E-state index in [0.717, 1.165) is 6.20 Å². The maximum Gasteiger partial charge on any atom is 0.306 e. The number of anilines is 2. The number of amides is 1. The average Bonchev–Trinajstić information content (AvgIpc) is 2.76. The third kappa shape index (κ3) is 4.40. The zero-order valence-electron chi connectivity index (χ0n) is 16.4. The number of benzene rings is 1. The summed E-state index contributed by atoms with van der Waals surface area (Å²) in [5.41, 5.74) is 1.36. The molecule has 2 aromatic rings. The van der Waals surface area contributed by atoms with Crippen molar-refractivity contribution in [1.29, 1.82) is 0 Å². The Morgan fingerprint density at radius 2 is 2.07 bits per heavy atom. The van der Waals surface area contributed by atoms with E-state index in [-0.39, 0.29) is 30.2 Å². The van der Waals surface area contributed by atoms with Crippen LogP contribution in [-0.4, -0.2) is 52.8 Å². The van der Waals surface area contributed by atoms with Crippen LogP contribution in [0.3, 0.4) is 0 Å². The first-order chi connectivity index (χ1) is 14.5. The zero-order valence-corrected chi connectivity index (χ0v) is 16.4. The van der Waals surface area contributed by atoms with Gasteiger partial charge in [-0.3, -0.25) is 9.59 Å². The van der Waals surface area contributed by atoms with Gasteiger partial charge in [-0.25, -0.2) is 14.4 Å². The molecule has 2 heterocycles. The largest absolute Gasteiger partial charge is 0.481 e. The Morgan fingerprint density at radius 1 is 1.27 bits per heavy atom. The van der Waals surface area contributed by atoms with Crippen LogP contribution in [0, 0.1) is 11.7 Å². The van der Waals surface area contributed by atoms with E-state index in [0.29, 0.717) is 56.0 Å². The van der Waals surface area contributed by atoms with E-state index in [9.17, 15) is 14.0 Å². The van der Waals surface area contributed by atoms with Crippen molar-refractivity contribution in [1.82, 2.24) is 9.97 Å². The molecule has 2 fully saturated rings. The molecule has 4 rings (SSSR count). The fraction of sp³-hybridized carbons (Fsp3) is 0.429. The predicted octanol–water partition coefficient (Wildman–Crippen LogP) is 2.70. The molecule has 1 saturated carbocycles. The topological polar surface area (TPSA) is 105 Å². The van der Waals surface area contributed by atoms with Gasteiger partial charge in [0.1, 0.15) is 12.3 Å². The third-order valence-corrected chi connectivity index (χ3v) is 5.57. The number of nitrogens with one attached hydrogen (secondary N) is 1. The molecule has 1 aliphatic carbocycles. The van der Waals surface area contributed by atoms with Crippen molar-refractivity contribution < 1.29 is 23.8 Å². The van der Waals surface area contributed by atoms with Crippen LogP contribution in [0.15, 0.2) is 30.5 Å². The Balaban J connectivity index is 1.52. The molecule has 1 aliphatic heterocycles. The maximum atomic E-state index is 14.5. The minimum Gasteiger partial charge on any atom is -0.481 e. The molecule has 0 unspecified atom stereocenters. The Hall–Kier alpha value is -3.07. The van der Waals surface area contributed by atoms with Crippen molar-refractivity contribution in [3.8, 4) is 11.3 Å². The van der Waals surface area contributed by atoms with Crippen LogP contribution < -0.4 is 10.2 Å². The molecule has 30 heavy (non-hydrogen) atoms. The second kappa shape index (κ2) is 8.74. The summed E-state index contributed by atoms with van der Waals surface area (Å²) < 4.78 is 19.7. The summed E-state index contributed by atoms with van der Waals surface area (Å²) in [4.78, 5) is 33.2. The van der Waals surface area contributed by atoms with Crippen molar-refractivity contribution >= 4 is 23.5 Å². The Bertz CT molecular complexity index is 946. The van der Waals surface area contributed by atoms with Crippen LogP contribution in [-0.2, 0) is 14.3 Å². The lowest BCUT2D eigenvalue weighted by Crippen LogP contribution is -2.41. The van der Waals surface area contributed by atoms with E-state index in [1.54, 1.807) is 29.2 Å². The Morgan fingerprint density at radius 3 is 2.80 bits per heavy atom. The van der Waals surface area contributed by atoms with Gasteiger partial charge < -0.3 is 20.1 Å². The first-order valence-electron chi connectivity index (χ1n) is 10.0. The van der Waals surface area contributed by atoms with Crippen molar-refractivity contribution in [2.45, 2.75) is 31.7 Å². The first kappa shape index (κ1) is 20.2. The molecule has 0 atom stereocenters. The molecular weight excluding hydrogens is 391 g/mol. The third-order valence-electron chi connectivity index (χ3n) is 5.57. The number of carbonyl (C=O) groups excluding carboxylic acids is 1. The van der Waals surface area contributed by atoms with Crippen molar-refractivity contribution in [2.75, 3.05) is 30.0 Å². The number of ether oxygens (including phenoxy) is 1. The lowest BCUT2D eigenvalue weighted by atomic mass is 9.86. The summed E-state index contributed by atoms with van der Waals surface area (Å²) in [6.07, 6.45) is 3.71. The van der Waals surface area contributed by atoms with Gasteiger partial charge in [0.2, 0.25) is 5.95 Å². The Kier molecular flexibility index (Phi) is 5.89. The van der Waals surface area contributed by atoms with Gasteiger partial charge in [-0.2, -0.15) is 0 Å². The smallest absolute Gasteiger partial charge is 0.306 e. The molecule has 9 heteroatoms. The van der Waals surface area contributed by atoms with Gasteiger partial charge in [0.05, 0.1) is 18.7 Å². The summed E-state index contributed by atoms with van der Waals surface area (Å²) in [7, 11) is 0. The summed E-state index contributed by atoms with van der Waals surface area (Å²) in [6.45, 7) is 0.931. The van der Waals surface area contributed by atoms with Crippen LogP contribution in [0.5, 0.6) is 0 Å². The number of aromatic nitrogens is 2. The molecule has 1 amide bonds. The fourth-order valence-electron chi connectivity index (χ4n) is 3.92. The minimum absolute atomic E-state index is 0.0320. The minimum atomic E-state index is -0.757. The fourth-order valence-corrected chi connectivity index (χ4v) is 3.92. The molecular formula is C21H23FN4O4. The number of rotatable bonds is 5. The number of nitrogens with zero attached hydrogens (tertiary/aromatic N) is 3. The van der Waals surface area contributed by atoms with Gasteiger partial charge in [-0.1, -0.05) is 12.1 Å². The highest BCUT2D eigenvalue weighted by atomic mass is 19.1. The van der Waals surface area contributed by atoms with Crippen LogP contribution in [0.25, 0.3) is 11.3 Å². The van der Waals surface area contributed by atoms with E-state index < -0.39 is 11.8 Å². The molecule has 0 radical (unpaired) electrons. The number of carboxylic acids is 1. The summed E-state index contributed by atoms with van der Waals surface area (Å²) in [6, 6.07) is 7.08. The van der Waals surface area contributed by atoms with Crippen LogP contribution in [0.1, 0.15) is 25.7 Å². The number of hydrogen-bond donors (Lipinski definition) is 2. The van der Waals surface area contributed by atoms with Gasteiger partial charge in [0, 0.05) is 23.8 Å². The van der Waals surface area contributed by atoms with E-state index in [4.69, 9.17) is 9.84 Å². The van der Waals surface area contributed by atoms with E-state index >= 15 is 0 Å². The van der Waals surface area contributed by atoms with Gasteiger partial charge >= 0.3 is 5.97 Å². The van der Waals surface area contributed by atoms with E-state index in [1.807, 2.05) is 0 Å². The average molecular weight is 414 g/mol. The molecule has 0 spiro atoms. The summed E-state index contributed by atoms with van der Waals surface area (Å²) in [5, 5.41) is 12.3.